The molecule has 0 bridgehead atoms. The lowest BCUT2D eigenvalue weighted by Gasteiger charge is -2.36. The Morgan fingerprint density at radius 3 is 2.10 bits per heavy atom. The lowest BCUT2D eigenvalue weighted by atomic mass is 10.0. The smallest absolute Gasteiger partial charge is 0.296 e. The van der Waals surface area contributed by atoms with Gasteiger partial charge in [0.1, 0.15) is 0 Å². The van der Waals surface area contributed by atoms with E-state index in [1.54, 1.807) is 24.3 Å². The van der Waals surface area contributed by atoms with E-state index in [1.807, 2.05) is 42.4 Å². The molecule has 14 nitrogen and oxygen atoms in total. The first-order chi connectivity index (χ1) is 23.0. The van der Waals surface area contributed by atoms with Crippen molar-refractivity contribution in [1.29, 1.82) is 0 Å². The summed E-state index contributed by atoms with van der Waals surface area (Å²) in [5.41, 5.74) is 0.0361. The van der Waals surface area contributed by atoms with Gasteiger partial charge in [0.05, 0.1) is 55.3 Å². The SMILES string of the molecule is CC(C)(CCOC(C)(C)CCC(=O)N1CCN(c2nc(N3CCOCC3)nc(-n3c(C(F)F)nc4ccccc43)n2)CC1)OCCON. The molecule has 0 atom stereocenters. The van der Waals surface area contributed by atoms with Crippen LogP contribution in [0.3, 0.4) is 0 Å². The second-order valence-electron chi connectivity index (χ2n) is 13.1. The molecule has 4 heterocycles. The highest BCUT2D eigenvalue weighted by atomic mass is 19.3. The Morgan fingerprint density at radius 2 is 1.44 bits per heavy atom. The van der Waals surface area contributed by atoms with Crippen molar-refractivity contribution in [3.63, 3.8) is 0 Å². The predicted octanol–water partition coefficient (Wildman–Crippen LogP) is 3.28. The van der Waals surface area contributed by atoms with Crippen molar-refractivity contribution in [1.82, 2.24) is 29.4 Å². The van der Waals surface area contributed by atoms with Crippen LogP contribution in [0.15, 0.2) is 24.3 Å². The minimum Gasteiger partial charge on any atom is -0.378 e. The number of halogens is 2. The number of carbonyl (C=O) groups excluding carboxylic acids is 1. The molecule has 2 aliphatic heterocycles. The average molecular weight is 676 g/mol. The second kappa shape index (κ2) is 15.8. The van der Waals surface area contributed by atoms with Crippen molar-refractivity contribution in [2.45, 2.75) is 64.6 Å². The van der Waals surface area contributed by atoms with Crippen LogP contribution in [0, 0.1) is 0 Å². The first kappa shape index (κ1) is 35.7. The third kappa shape index (κ3) is 9.11. The Kier molecular flexibility index (Phi) is 11.7. The summed E-state index contributed by atoms with van der Waals surface area (Å²) in [5.74, 6) is 5.51. The van der Waals surface area contributed by atoms with Gasteiger partial charge in [-0.1, -0.05) is 12.1 Å². The Hall–Kier alpha value is -3.57. The number of hydrogen-bond acceptors (Lipinski definition) is 12. The summed E-state index contributed by atoms with van der Waals surface area (Å²) in [5, 5.41) is 0. The number of carbonyl (C=O) groups is 1. The fraction of sp³-hybridized carbons (Fsp3) is 0.656. The molecule has 0 unspecified atom stereocenters. The molecule has 0 radical (unpaired) electrons. The van der Waals surface area contributed by atoms with E-state index in [0.29, 0.717) is 114 Å². The number of benzene rings is 1. The minimum atomic E-state index is -2.84. The molecule has 2 N–H and O–H groups in total. The molecule has 2 fully saturated rings. The van der Waals surface area contributed by atoms with Crippen LogP contribution in [0.4, 0.5) is 20.7 Å². The number of nitrogens with two attached hydrogens (primary N) is 1. The minimum absolute atomic E-state index is 0.0496. The molecule has 2 saturated heterocycles. The molecule has 1 amide bonds. The molecular formula is C32H47F2N9O5. The monoisotopic (exact) mass is 675 g/mol. The van der Waals surface area contributed by atoms with E-state index in [2.05, 4.69) is 19.8 Å². The number of fused-ring (bicyclic) bond motifs is 1. The molecule has 0 saturated carbocycles. The van der Waals surface area contributed by atoms with Gasteiger partial charge in [-0.3, -0.25) is 9.36 Å². The van der Waals surface area contributed by atoms with Crippen molar-refractivity contribution < 1.29 is 32.6 Å². The van der Waals surface area contributed by atoms with Gasteiger partial charge in [-0.2, -0.15) is 15.0 Å². The Morgan fingerprint density at radius 1 is 0.833 bits per heavy atom. The summed E-state index contributed by atoms with van der Waals surface area (Å²) in [6.07, 6.45) is -1.23. The van der Waals surface area contributed by atoms with E-state index >= 15 is 0 Å². The zero-order valence-corrected chi connectivity index (χ0v) is 28.2. The largest absolute Gasteiger partial charge is 0.378 e. The molecule has 1 aromatic carbocycles. The Balaban J connectivity index is 1.23. The number of anilines is 2. The molecule has 3 aromatic rings. The van der Waals surface area contributed by atoms with Gasteiger partial charge in [0.2, 0.25) is 23.8 Å². The molecule has 2 aliphatic rings. The van der Waals surface area contributed by atoms with Gasteiger partial charge in [0.15, 0.2) is 5.82 Å². The van der Waals surface area contributed by atoms with Crippen LogP contribution >= 0.6 is 0 Å². The maximum absolute atomic E-state index is 14.2. The van der Waals surface area contributed by atoms with Crippen molar-refractivity contribution in [2.75, 3.05) is 82.1 Å². The van der Waals surface area contributed by atoms with Crippen LogP contribution in [-0.4, -0.2) is 119 Å². The number of aromatic nitrogens is 5. The number of nitrogens with zero attached hydrogens (tertiary/aromatic N) is 8. The highest BCUT2D eigenvalue weighted by molar-refractivity contribution is 5.78. The van der Waals surface area contributed by atoms with Gasteiger partial charge in [-0.25, -0.2) is 19.7 Å². The van der Waals surface area contributed by atoms with Crippen LogP contribution in [-0.2, 0) is 23.8 Å². The van der Waals surface area contributed by atoms with Crippen molar-refractivity contribution in [2.24, 2.45) is 5.90 Å². The second-order valence-corrected chi connectivity index (χ2v) is 13.1. The fourth-order valence-electron chi connectivity index (χ4n) is 5.70. The average Bonchev–Trinajstić information content (AvgIpc) is 3.48. The number of hydrogen-bond donors (Lipinski definition) is 1. The van der Waals surface area contributed by atoms with E-state index in [9.17, 15) is 13.6 Å². The highest BCUT2D eigenvalue weighted by Gasteiger charge is 2.29. The summed E-state index contributed by atoms with van der Waals surface area (Å²) in [4.78, 5) is 41.8. The normalized spacial score (nSPS) is 16.4. The topological polar surface area (TPSA) is 146 Å². The van der Waals surface area contributed by atoms with Gasteiger partial charge < -0.3 is 33.7 Å². The lowest BCUT2D eigenvalue weighted by molar-refractivity contribution is -0.133. The third-order valence-corrected chi connectivity index (χ3v) is 8.62. The van der Waals surface area contributed by atoms with E-state index in [-0.39, 0.29) is 17.5 Å². The van der Waals surface area contributed by atoms with Crippen molar-refractivity contribution in [3.8, 4) is 5.95 Å². The Bertz CT molecular complexity index is 1510. The van der Waals surface area contributed by atoms with E-state index < -0.39 is 17.9 Å². The van der Waals surface area contributed by atoms with Crippen LogP contribution in [0.5, 0.6) is 0 Å². The van der Waals surface area contributed by atoms with E-state index in [4.69, 9.17) is 25.1 Å². The summed E-state index contributed by atoms with van der Waals surface area (Å²) in [6, 6.07) is 6.92. The van der Waals surface area contributed by atoms with Crippen LogP contribution in [0.25, 0.3) is 17.0 Å². The number of alkyl halides is 2. The van der Waals surface area contributed by atoms with Crippen LogP contribution < -0.4 is 15.7 Å². The zero-order chi connectivity index (χ0) is 34.3. The third-order valence-electron chi connectivity index (χ3n) is 8.62. The number of morpholine rings is 1. The highest BCUT2D eigenvalue weighted by Crippen LogP contribution is 2.29. The van der Waals surface area contributed by atoms with Crippen LogP contribution in [0.2, 0.25) is 0 Å². The summed E-state index contributed by atoms with van der Waals surface area (Å²) in [7, 11) is 0. The number of imidazole rings is 1. The number of amides is 1. The van der Waals surface area contributed by atoms with Crippen LogP contribution in [0.1, 0.15) is 59.2 Å². The first-order valence-corrected chi connectivity index (χ1v) is 16.4. The summed E-state index contributed by atoms with van der Waals surface area (Å²) in [6.45, 7) is 13.2. The molecule has 2 aromatic heterocycles. The number of para-hydroxylation sites is 2. The zero-order valence-electron chi connectivity index (χ0n) is 28.2. The molecule has 5 rings (SSSR count). The van der Waals surface area contributed by atoms with Gasteiger partial charge in [-0.05, 0) is 52.7 Å². The molecule has 0 aliphatic carbocycles. The summed E-state index contributed by atoms with van der Waals surface area (Å²) < 4.78 is 47.2. The maximum atomic E-state index is 14.2. The standard InChI is InChI=1S/C32H47F2N9O5/c1-31(2,46-18-11-32(3,4)47-21-22-48-35)10-9-25(44)40-12-14-41(15-13-40)28-37-29(42-16-19-45-20-17-42)39-30(38-28)43-24-8-6-5-7-23(24)36-27(43)26(33)34/h5-8,26H,9-22,35H2,1-4H3. The van der Waals surface area contributed by atoms with Crippen molar-refractivity contribution in [3.05, 3.63) is 30.1 Å². The number of ether oxygens (including phenoxy) is 3. The lowest BCUT2D eigenvalue weighted by Crippen LogP contribution is -2.49. The molecule has 16 heteroatoms. The van der Waals surface area contributed by atoms with Gasteiger partial charge >= 0.3 is 0 Å². The van der Waals surface area contributed by atoms with Gasteiger partial charge in [0, 0.05) is 45.7 Å². The predicted molar refractivity (Wildman–Crippen MR) is 175 cm³/mol. The molecular weight excluding hydrogens is 628 g/mol. The van der Waals surface area contributed by atoms with E-state index in [1.165, 1.54) is 4.57 Å². The summed E-state index contributed by atoms with van der Waals surface area (Å²) >= 11 is 0. The Labute approximate surface area is 279 Å². The van der Waals surface area contributed by atoms with Gasteiger partial charge in [0.25, 0.3) is 6.43 Å². The van der Waals surface area contributed by atoms with Gasteiger partial charge in [-0.15, -0.1) is 0 Å². The molecule has 264 valence electrons. The maximum Gasteiger partial charge on any atom is 0.296 e. The van der Waals surface area contributed by atoms with Crippen molar-refractivity contribution >= 4 is 28.8 Å². The number of rotatable bonds is 15. The fourth-order valence-corrected chi connectivity index (χ4v) is 5.70. The van der Waals surface area contributed by atoms with E-state index in [0.717, 1.165) is 0 Å². The molecule has 0 spiro atoms. The number of piperazine rings is 1. The molecule has 48 heavy (non-hydrogen) atoms. The first-order valence-electron chi connectivity index (χ1n) is 16.4. The quantitative estimate of drug-likeness (QED) is 0.186.